The van der Waals surface area contributed by atoms with E-state index >= 15 is 0 Å². The first kappa shape index (κ1) is 10.0. The van der Waals surface area contributed by atoms with Gasteiger partial charge < -0.3 is 18.9 Å². The molecule has 6 heteroatoms. The van der Waals surface area contributed by atoms with E-state index in [0.717, 1.165) is 0 Å². The van der Waals surface area contributed by atoms with E-state index < -0.39 is 16.9 Å². The molecule has 3 fully saturated rings. The maximum absolute atomic E-state index is 11.3. The van der Waals surface area contributed by atoms with Crippen LogP contribution in [0.5, 0.6) is 0 Å². The normalized spacial score (nSPS) is 51.4. The smallest absolute Gasteiger partial charge is 0.323 e. The third-order valence-corrected chi connectivity index (χ3v) is 3.69. The van der Waals surface area contributed by atoms with Crippen LogP contribution in [0, 0.1) is 0 Å². The van der Waals surface area contributed by atoms with Crippen LogP contribution in [0.4, 0.5) is 0 Å². The maximum atomic E-state index is 11.3. The first-order chi connectivity index (χ1) is 6.98. The SMILES string of the molecule is CC1(C)O[C@H]2O[C@H]3[C@H](OC(=O)[C@H]3Br)[C@H]2O1. The molecule has 15 heavy (non-hydrogen) atoms. The van der Waals surface area contributed by atoms with Crippen molar-refractivity contribution in [1.29, 1.82) is 0 Å². The molecule has 0 amide bonds. The molecular formula is C9H11BrO5. The first-order valence-corrected chi connectivity index (χ1v) is 5.75. The van der Waals surface area contributed by atoms with Crippen LogP contribution in [0.1, 0.15) is 13.8 Å². The fourth-order valence-corrected chi connectivity index (χ4v) is 2.74. The summed E-state index contributed by atoms with van der Waals surface area (Å²) in [5, 5.41) is 0. The van der Waals surface area contributed by atoms with Gasteiger partial charge in [-0.3, -0.25) is 4.79 Å². The Labute approximate surface area is 95.1 Å². The third-order valence-electron chi connectivity index (χ3n) is 2.79. The molecule has 0 aromatic heterocycles. The summed E-state index contributed by atoms with van der Waals surface area (Å²) in [6, 6.07) is 0. The largest absolute Gasteiger partial charge is 0.456 e. The van der Waals surface area contributed by atoms with Crippen LogP contribution in [0.3, 0.4) is 0 Å². The van der Waals surface area contributed by atoms with Gasteiger partial charge in [0.2, 0.25) is 0 Å². The van der Waals surface area contributed by atoms with E-state index in [4.69, 9.17) is 18.9 Å². The molecule has 0 saturated carbocycles. The quantitative estimate of drug-likeness (QED) is 0.479. The number of rotatable bonds is 0. The Morgan fingerprint density at radius 1 is 1.20 bits per heavy atom. The van der Waals surface area contributed by atoms with Crippen molar-refractivity contribution in [3.63, 3.8) is 0 Å². The summed E-state index contributed by atoms with van der Waals surface area (Å²) in [7, 11) is 0. The van der Waals surface area contributed by atoms with Gasteiger partial charge in [0.15, 0.2) is 24.3 Å². The highest BCUT2D eigenvalue weighted by atomic mass is 79.9. The second-order valence-electron chi connectivity index (χ2n) is 4.37. The van der Waals surface area contributed by atoms with Crippen LogP contribution < -0.4 is 0 Å². The zero-order valence-corrected chi connectivity index (χ0v) is 9.89. The van der Waals surface area contributed by atoms with Gasteiger partial charge in [0.05, 0.1) is 0 Å². The summed E-state index contributed by atoms with van der Waals surface area (Å²) in [6.07, 6.45) is -1.39. The molecule has 5 atom stereocenters. The molecule has 0 unspecified atom stereocenters. The van der Waals surface area contributed by atoms with Crippen LogP contribution in [0.25, 0.3) is 0 Å². The lowest BCUT2D eigenvalue weighted by Crippen LogP contribution is -2.33. The summed E-state index contributed by atoms with van der Waals surface area (Å²) < 4.78 is 22.0. The minimum atomic E-state index is -0.670. The van der Waals surface area contributed by atoms with Crippen molar-refractivity contribution in [1.82, 2.24) is 0 Å². The van der Waals surface area contributed by atoms with Crippen LogP contribution >= 0.6 is 15.9 Å². The Kier molecular flexibility index (Phi) is 1.96. The van der Waals surface area contributed by atoms with Gasteiger partial charge in [-0.15, -0.1) is 0 Å². The van der Waals surface area contributed by atoms with Crippen molar-refractivity contribution in [2.75, 3.05) is 0 Å². The highest BCUT2D eigenvalue weighted by Gasteiger charge is 2.62. The Morgan fingerprint density at radius 3 is 2.67 bits per heavy atom. The average molecular weight is 279 g/mol. The molecule has 0 N–H and O–H groups in total. The van der Waals surface area contributed by atoms with Crippen molar-refractivity contribution >= 4 is 21.9 Å². The Bertz CT molecular complexity index is 318. The number of ether oxygens (including phenoxy) is 4. The molecular weight excluding hydrogens is 268 g/mol. The molecule has 3 heterocycles. The summed E-state index contributed by atoms with van der Waals surface area (Å²) >= 11 is 3.24. The highest BCUT2D eigenvalue weighted by Crippen LogP contribution is 2.43. The van der Waals surface area contributed by atoms with Crippen LogP contribution in [0.15, 0.2) is 0 Å². The second kappa shape index (κ2) is 2.94. The molecule has 0 aliphatic carbocycles. The molecule has 5 nitrogen and oxygen atoms in total. The number of halogens is 1. The Morgan fingerprint density at radius 2 is 1.93 bits per heavy atom. The van der Waals surface area contributed by atoms with E-state index in [2.05, 4.69) is 15.9 Å². The predicted octanol–water partition coefficient (Wildman–Crippen LogP) is 0.552. The van der Waals surface area contributed by atoms with Gasteiger partial charge in [-0.25, -0.2) is 0 Å². The second-order valence-corrected chi connectivity index (χ2v) is 5.36. The molecule has 0 radical (unpaired) electrons. The molecule has 3 saturated heterocycles. The van der Waals surface area contributed by atoms with Gasteiger partial charge in [0.25, 0.3) is 0 Å². The lowest BCUT2D eigenvalue weighted by atomic mass is 10.1. The van der Waals surface area contributed by atoms with Gasteiger partial charge in [-0.1, -0.05) is 15.9 Å². The lowest BCUT2D eigenvalue weighted by Gasteiger charge is -2.20. The van der Waals surface area contributed by atoms with Crippen LogP contribution in [0.2, 0.25) is 0 Å². The van der Waals surface area contributed by atoms with Gasteiger partial charge >= 0.3 is 5.97 Å². The fraction of sp³-hybridized carbons (Fsp3) is 0.889. The molecule has 0 aromatic rings. The summed E-state index contributed by atoms with van der Waals surface area (Å²) in [6.45, 7) is 3.62. The van der Waals surface area contributed by atoms with Crippen molar-refractivity contribution in [2.24, 2.45) is 0 Å². The van der Waals surface area contributed by atoms with Crippen molar-refractivity contribution in [2.45, 2.75) is 49.1 Å². The average Bonchev–Trinajstić information content (AvgIpc) is 2.66. The Balaban J connectivity index is 1.83. The van der Waals surface area contributed by atoms with Gasteiger partial charge in [0, 0.05) is 0 Å². The highest BCUT2D eigenvalue weighted by molar-refractivity contribution is 9.10. The topological polar surface area (TPSA) is 54.0 Å². The van der Waals surface area contributed by atoms with Crippen molar-refractivity contribution in [3.8, 4) is 0 Å². The fourth-order valence-electron chi connectivity index (χ4n) is 2.21. The van der Waals surface area contributed by atoms with E-state index in [1.165, 1.54) is 0 Å². The minimum absolute atomic E-state index is 0.295. The van der Waals surface area contributed by atoms with E-state index in [1.807, 2.05) is 13.8 Å². The summed E-state index contributed by atoms with van der Waals surface area (Å²) in [5.74, 6) is -0.964. The number of fused-ring (bicyclic) bond motifs is 3. The number of carbonyl (C=O) groups is 1. The third kappa shape index (κ3) is 1.35. The van der Waals surface area contributed by atoms with Crippen LogP contribution in [-0.2, 0) is 23.7 Å². The van der Waals surface area contributed by atoms with E-state index in [0.29, 0.717) is 0 Å². The molecule has 0 spiro atoms. The van der Waals surface area contributed by atoms with E-state index in [1.54, 1.807) is 0 Å². The molecule has 3 aliphatic heterocycles. The number of esters is 1. The molecule has 3 rings (SSSR count). The Hall–Kier alpha value is -0.170. The van der Waals surface area contributed by atoms with Gasteiger partial charge in [0.1, 0.15) is 10.9 Å². The predicted molar refractivity (Wildman–Crippen MR) is 51.3 cm³/mol. The number of carbonyl (C=O) groups excluding carboxylic acids is 1. The molecule has 0 aromatic carbocycles. The van der Waals surface area contributed by atoms with E-state index in [9.17, 15) is 4.79 Å². The van der Waals surface area contributed by atoms with Crippen molar-refractivity contribution in [3.05, 3.63) is 0 Å². The molecule has 84 valence electrons. The minimum Gasteiger partial charge on any atom is -0.456 e. The van der Waals surface area contributed by atoms with Gasteiger partial charge in [-0.05, 0) is 13.8 Å². The zero-order valence-electron chi connectivity index (χ0n) is 8.31. The van der Waals surface area contributed by atoms with Crippen LogP contribution in [-0.4, -0.2) is 41.2 Å². The number of alkyl halides is 1. The maximum Gasteiger partial charge on any atom is 0.323 e. The van der Waals surface area contributed by atoms with Gasteiger partial charge in [-0.2, -0.15) is 0 Å². The number of hydrogen-bond acceptors (Lipinski definition) is 5. The monoisotopic (exact) mass is 278 g/mol. The molecule has 3 aliphatic rings. The van der Waals surface area contributed by atoms with Crippen molar-refractivity contribution < 1.29 is 23.7 Å². The summed E-state index contributed by atoms with van der Waals surface area (Å²) in [5.41, 5.74) is 0. The first-order valence-electron chi connectivity index (χ1n) is 4.84. The standard InChI is InChI=1S/C9H11BrO5/c1-9(2)14-6-5-4(13-8(6)15-9)3(10)7(11)12-5/h3-6,8H,1-2H3/t3-,4+,5-,6+,8+/m0/s1. The number of hydrogen-bond donors (Lipinski definition) is 0. The lowest BCUT2D eigenvalue weighted by molar-refractivity contribution is -0.209. The summed E-state index contributed by atoms with van der Waals surface area (Å²) in [4.78, 5) is 10.9. The van der Waals surface area contributed by atoms with E-state index in [-0.39, 0.29) is 24.3 Å². The molecule has 0 bridgehead atoms. The zero-order chi connectivity index (χ0) is 10.8.